The molecule has 1 aromatic heterocycles. The maximum atomic E-state index is 11.6. The molecular formula is C29H26NNaO3. The fourth-order valence-corrected chi connectivity index (χ4v) is 4.86. The van der Waals surface area contributed by atoms with Crippen molar-refractivity contribution in [3.63, 3.8) is 0 Å². The van der Waals surface area contributed by atoms with Crippen molar-refractivity contribution < 1.29 is 44.2 Å². The minimum Gasteiger partial charge on any atom is -0.546 e. The summed E-state index contributed by atoms with van der Waals surface area (Å²) in [5.41, 5.74) is 7.24. The Bertz CT molecular complexity index is 1240. The molecule has 0 spiro atoms. The third kappa shape index (κ3) is 5.15. The van der Waals surface area contributed by atoms with Crippen LogP contribution in [0.5, 0.6) is 5.75 Å². The van der Waals surface area contributed by atoms with Crippen molar-refractivity contribution >= 4 is 5.97 Å². The molecule has 0 unspecified atom stereocenters. The van der Waals surface area contributed by atoms with Crippen LogP contribution in [0.4, 0.5) is 0 Å². The van der Waals surface area contributed by atoms with E-state index >= 15 is 0 Å². The van der Waals surface area contributed by atoms with E-state index in [9.17, 15) is 9.90 Å². The van der Waals surface area contributed by atoms with E-state index in [0.717, 1.165) is 29.7 Å². The zero-order valence-electron chi connectivity index (χ0n) is 19.6. The second-order valence-corrected chi connectivity index (χ2v) is 8.70. The number of aryl methyl sites for hydroxylation is 1. The van der Waals surface area contributed by atoms with Crippen LogP contribution >= 0.6 is 0 Å². The van der Waals surface area contributed by atoms with Crippen molar-refractivity contribution in [1.82, 2.24) is 4.57 Å². The van der Waals surface area contributed by atoms with E-state index in [0.29, 0.717) is 11.8 Å². The Hall–Kier alpha value is -2.79. The fraction of sp³-hybridized carbons (Fsp3) is 0.207. The molecule has 1 atom stereocenters. The predicted molar refractivity (Wildman–Crippen MR) is 127 cm³/mol. The molecule has 0 N–H and O–H groups in total. The molecule has 34 heavy (non-hydrogen) atoms. The molecule has 1 aliphatic rings. The van der Waals surface area contributed by atoms with Crippen molar-refractivity contribution in [2.45, 2.75) is 38.3 Å². The smallest absolute Gasteiger partial charge is 0.546 e. The summed E-state index contributed by atoms with van der Waals surface area (Å²) >= 11 is 0. The normalized spacial score (nSPS) is 13.7. The van der Waals surface area contributed by atoms with Gasteiger partial charge in [0.15, 0.2) is 0 Å². The number of carboxylic acids is 1. The van der Waals surface area contributed by atoms with Gasteiger partial charge in [-0.15, -0.1) is 0 Å². The van der Waals surface area contributed by atoms with Crippen molar-refractivity contribution in [1.29, 1.82) is 0 Å². The number of fused-ring (bicyclic) bond motifs is 1. The average Bonchev–Trinajstić information content (AvgIpc) is 3.42. The van der Waals surface area contributed by atoms with E-state index in [4.69, 9.17) is 4.74 Å². The van der Waals surface area contributed by atoms with Crippen LogP contribution in [0.3, 0.4) is 0 Å². The van der Waals surface area contributed by atoms with Crippen molar-refractivity contribution in [3.8, 4) is 17.0 Å². The monoisotopic (exact) mass is 459 g/mol. The standard InChI is InChI=1S/C29H27NO3.Na/c1-20-11-16-27(30(20)25-18-23-9-5-6-10-24(23)19-25)22-12-14-26(15-13-22)33-28(29(31)32)17-21-7-3-2-4-8-21;/h2-16,25,28H,17-19H2,1H3,(H,31,32);/q;+1/p-1/t28-;/m1./s1. The Morgan fingerprint density at radius 2 is 1.53 bits per heavy atom. The van der Waals surface area contributed by atoms with Crippen LogP contribution < -0.4 is 39.4 Å². The zero-order chi connectivity index (χ0) is 22.8. The van der Waals surface area contributed by atoms with Gasteiger partial charge in [-0.25, -0.2) is 0 Å². The quantitative estimate of drug-likeness (QED) is 0.394. The van der Waals surface area contributed by atoms with Gasteiger partial charge < -0.3 is 19.2 Å². The summed E-state index contributed by atoms with van der Waals surface area (Å²) in [7, 11) is 0. The molecule has 0 saturated heterocycles. The van der Waals surface area contributed by atoms with Crippen LogP contribution in [-0.2, 0) is 24.1 Å². The maximum Gasteiger partial charge on any atom is 1.00 e. The molecule has 3 aromatic carbocycles. The topological polar surface area (TPSA) is 54.3 Å². The molecule has 0 fully saturated rings. The second-order valence-electron chi connectivity index (χ2n) is 8.70. The fourth-order valence-electron chi connectivity index (χ4n) is 4.86. The Morgan fingerprint density at radius 1 is 0.912 bits per heavy atom. The van der Waals surface area contributed by atoms with Crippen LogP contribution in [0.1, 0.15) is 28.4 Å². The van der Waals surface area contributed by atoms with Gasteiger partial charge in [0, 0.05) is 23.9 Å². The molecule has 1 heterocycles. The average molecular weight is 460 g/mol. The van der Waals surface area contributed by atoms with Crippen molar-refractivity contribution in [3.05, 3.63) is 113 Å². The molecule has 166 valence electrons. The van der Waals surface area contributed by atoms with Gasteiger partial charge in [-0.2, -0.15) is 0 Å². The second kappa shape index (κ2) is 10.6. The summed E-state index contributed by atoms with van der Waals surface area (Å²) in [6.45, 7) is 2.15. The van der Waals surface area contributed by atoms with Gasteiger partial charge >= 0.3 is 29.6 Å². The predicted octanol–water partition coefficient (Wildman–Crippen LogP) is 1.55. The van der Waals surface area contributed by atoms with Crippen LogP contribution in [0.25, 0.3) is 11.3 Å². The molecular weight excluding hydrogens is 433 g/mol. The first-order chi connectivity index (χ1) is 16.1. The summed E-state index contributed by atoms with van der Waals surface area (Å²) in [6, 6.07) is 30.5. The molecule has 5 rings (SSSR count). The van der Waals surface area contributed by atoms with Gasteiger partial charge in [0.25, 0.3) is 0 Å². The summed E-state index contributed by atoms with van der Waals surface area (Å²) in [6.07, 6.45) is 1.29. The first kappa shape index (κ1) is 24.3. The molecule has 0 radical (unpaired) electrons. The molecule has 4 aromatic rings. The Kier molecular flexibility index (Phi) is 7.62. The van der Waals surface area contributed by atoms with Gasteiger partial charge in [0.05, 0.1) is 5.97 Å². The molecule has 1 aliphatic carbocycles. The minimum absolute atomic E-state index is 0. The summed E-state index contributed by atoms with van der Waals surface area (Å²) < 4.78 is 8.21. The van der Waals surface area contributed by atoms with Crippen molar-refractivity contribution in [2.75, 3.05) is 0 Å². The number of hydrogen-bond acceptors (Lipinski definition) is 3. The molecule has 0 aliphatic heterocycles. The van der Waals surface area contributed by atoms with Crippen LogP contribution in [0.2, 0.25) is 0 Å². The van der Waals surface area contributed by atoms with Gasteiger partial charge in [0.1, 0.15) is 11.9 Å². The van der Waals surface area contributed by atoms with E-state index in [-0.39, 0.29) is 36.0 Å². The van der Waals surface area contributed by atoms with Crippen LogP contribution in [0, 0.1) is 6.92 Å². The molecule has 5 heteroatoms. The SMILES string of the molecule is Cc1ccc(-c2ccc(O[C@H](Cc3ccccc3)C(=O)[O-])cc2)n1C1Cc2ccccc2C1.[Na+]. The van der Waals surface area contributed by atoms with E-state index in [1.807, 2.05) is 54.6 Å². The number of carbonyl (C=O) groups is 1. The molecule has 0 saturated carbocycles. The number of hydrogen-bond donors (Lipinski definition) is 0. The number of rotatable bonds is 7. The largest absolute Gasteiger partial charge is 1.00 e. The van der Waals surface area contributed by atoms with E-state index < -0.39 is 12.1 Å². The van der Waals surface area contributed by atoms with Gasteiger partial charge in [-0.05, 0) is 78.4 Å². The third-order valence-electron chi connectivity index (χ3n) is 6.47. The number of ether oxygens (including phenoxy) is 1. The zero-order valence-corrected chi connectivity index (χ0v) is 21.6. The molecule has 0 bridgehead atoms. The third-order valence-corrected chi connectivity index (χ3v) is 6.47. The first-order valence-electron chi connectivity index (χ1n) is 11.3. The Balaban J connectivity index is 0.00000274. The minimum atomic E-state index is -1.21. The summed E-state index contributed by atoms with van der Waals surface area (Å²) in [5.74, 6) is -0.694. The van der Waals surface area contributed by atoms with Crippen LogP contribution in [-0.4, -0.2) is 16.6 Å². The first-order valence-corrected chi connectivity index (χ1v) is 11.3. The van der Waals surface area contributed by atoms with Gasteiger partial charge in [-0.3, -0.25) is 0 Å². The summed E-state index contributed by atoms with van der Waals surface area (Å²) in [5, 5.41) is 11.6. The number of benzene rings is 3. The number of carbonyl (C=O) groups excluding carboxylic acids is 1. The molecule has 4 nitrogen and oxygen atoms in total. The van der Waals surface area contributed by atoms with Crippen LogP contribution in [0.15, 0.2) is 91.0 Å². The van der Waals surface area contributed by atoms with E-state index in [1.165, 1.54) is 16.8 Å². The number of aliphatic carboxylic acids is 1. The Morgan fingerprint density at radius 3 is 2.15 bits per heavy atom. The van der Waals surface area contributed by atoms with E-state index in [2.05, 4.69) is 47.9 Å². The molecule has 0 amide bonds. The van der Waals surface area contributed by atoms with Crippen molar-refractivity contribution in [2.24, 2.45) is 0 Å². The Labute approximate surface area is 222 Å². The summed E-state index contributed by atoms with van der Waals surface area (Å²) in [4.78, 5) is 11.6. The number of aromatic nitrogens is 1. The van der Waals surface area contributed by atoms with Gasteiger partial charge in [-0.1, -0.05) is 54.6 Å². The number of nitrogens with zero attached hydrogens (tertiary/aromatic N) is 1. The van der Waals surface area contributed by atoms with Gasteiger partial charge in [0.2, 0.25) is 0 Å². The maximum absolute atomic E-state index is 11.6. The van der Waals surface area contributed by atoms with E-state index in [1.54, 1.807) is 0 Å². The number of carboxylic acid groups (broad SMARTS) is 1.